The van der Waals surface area contributed by atoms with E-state index in [2.05, 4.69) is 16.3 Å². The van der Waals surface area contributed by atoms with Gasteiger partial charge in [-0.15, -0.1) is 10.2 Å². The van der Waals surface area contributed by atoms with Crippen molar-refractivity contribution in [2.24, 2.45) is 13.0 Å². The van der Waals surface area contributed by atoms with Gasteiger partial charge in [0.1, 0.15) is 12.2 Å². The molecule has 2 heterocycles. The topological polar surface area (TPSA) is 66.0 Å². The summed E-state index contributed by atoms with van der Waals surface area (Å²) in [4.78, 5) is 0. The van der Waals surface area contributed by atoms with Crippen molar-refractivity contribution in [2.75, 3.05) is 18.9 Å². The fourth-order valence-electron chi connectivity index (χ4n) is 2.40. The van der Waals surface area contributed by atoms with Crippen LogP contribution in [0, 0.1) is 5.92 Å². The third kappa shape index (κ3) is 1.86. The first-order chi connectivity index (χ1) is 8.75. The number of nitrogen functional groups attached to an aromatic ring is 1. The van der Waals surface area contributed by atoms with Gasteiger partial charge in [-0.1, -0.05) is 12.1 Å². The van der Waals surface area contributed by atoms with Crippen LogP contribution >= 0.6 is 0 Å². The Morgan fingerprint density at radius 3 is 2.83 bits per heavy atom. The maximum absolute atomic E-state index is 5.87. The van der Waals surface area contributed by atoms with Gasteiger partial charge in [0.15, 0.2) is 0 Å². The lowest BCUT2D eigenvalue weighted by atomic mass is 9.84. The Morgan fingerprint density at radius 1 is 1.44 bits per heavy atom. The minimum absolute atomic E-state index is 0.203. The van der Waals surface area contributed by atoms with Gasteiger partial charge in [-0.25, -0.2) is 0 Å². The summed E-state index contributed by atoms with van der Waals surface area (Å²) < 4.78 is 7.28. The fourth-order valence-corrected chi connectivity index (χ4v) is 2.40. The maximum atomic E-state index is 5.87. The molecule has 18 heavy (non-hydrogen) atoms. The minimum Gasteiger partial charge on any atom is -0.399 e. The summed E-state index contributed by atoms with van der Waals surface area (Å²) in [5.41, 5.74) is 7.83. The number of nitrogens with two attached hydrogens (primary N) is 1. The molecule has 0 saturated carbocycles. The molecule has 3 rings (SSSR count). The van der Waals surface area contributed by atoms with E-state index >= 15 is 0 Å². The Balaban J connectivity index is 2.03. The third-order valence-electron chi connectivity index (χ3n) is 3.43. The number of rotatable bonds is 3. The van der Waals surface area contributed by atoms with E-state index in [9.17, 15) is 0 Å². The molecule has 1 atom stereocenters. The molecule has 2 N–H and O–H groups in total. The molecule has 0 bridgehead atoms. The average Bonchev–Trinajstić information content (AvgIpc) is 2.69. The number of anilines is 1. The van der Waals surface area contributed by atoms with Crippen molar-refractivity contribution in [2.45, 2.75) is 5.92 Å². The van der Waals surface area contributed by atoms with Crippen molar-refractivity contribution in [3.8, 4) is 0 Å². The second-order valence-electron chi connectivity index (χ2n) is 4.75. The summed E-state index contributed by atoms with van der Waals surface area (Å²) in [6.07, 6.45) is 1.73. The van der Waals surface area contributed by atoms with E-state index in [1.165, 1.54) is 5.56 Å². The van der Waals surface area contributed by atoms with E-state index in [1.807, 2.05) is 29.8 Å². The normalized spacial score (nSPS) is 17.4. The van der Waals surface area contributed by atoms with E-state index < -0.39 is 0 Å². The van der Waals surface area contributed by atoms with E-state index in [-0.39, 0.29) is 5.92 Å². The largest absolute Gasteiger partial charge is 0.399 e. The summed E-state index contributed by atoms with van der Waals surface area (Å²) in [5, 5.41) is 8.21. The lowest BCUT2D eigenvalue weighted by Crippen LogP contribution is -2.34. The molecule has 1 fully saturated rings. The molecule has 1 aromatic heterocycles. The first-order valence-corrected chi connectivity index (χ1v) is 6.03. The Labute approximate surface area is 106 Å². The number of aromatic nitrogens is 3. The van der Waals surface area contributed by atoms with Crippen molar-refractivity contribution in [1.29, 1.82) is 0 Å². The highest BCUT2D eigenvalue weighted by atomic mass is 16.5. The van der Waals surface area contributed by atoms with Crippen LogP contribution in [-0.2, 0) is 11.8 Å². The van der Waals surface area contributed by atoms with E-state index in [0.29, 0.717) is 5.92 Å². The van der Waals surface area contributed by atoms with Crippen molar-refractivity contribution < 1.29 is 4.74 Å². The number of hydrogen-bond donors (Lipinski definition) is 1. The SMILES string of the molecule is Cn1cnnc1C(c1cccc(N)c1)C1COC1. The summed E-state index contributed by atoms with van der Waals surface area (Å²) in [7, 11) is 1.97. The van der Waals surface area contributed by atoms with Crippen molar-refractivity contribution >= 4 is 5.69 Å². The predicted octanol–water partition coefficient (Wildman–Crippen LogP) is 1.18. The van der Waals surface area contributed by atoms with Crippen LogP contribution in [0.25, 0.3) is 0 Å². The van der Waals surface area contributed by atoms with Crippen LogP contribution in [0.4, 0.5) is 5.69 Å². The number of ether oxygens (including phenoxy) is 1. The van der Waals surface area contributed by atoms with Crippen molar-refractivity contribution in [3.05, 3.63) is 42.0 Å². The highest BCUT2D eigenvalue weighted by Gasteiger charge is 2.33. The molecular weight excluding hydrogens is 228 g/mol. The monoisotopic (exact) mass is 244 g/mol. The Morgan fingerprint density at radius 2 is 2.28 bits per heavy atom. The molecule has 1 saturated heterocycles. The highest BCUT2D eigenvalue weighted by Crippen LogP contribution is 2.35. The number of hydrogen-bond acceptors (Lipinski definition) is 4. The van der Waals surface area contributed by atoms with Gasteiger partial charge in [-0.05, 0) is 17.7 Å². The average molecular weight is 244 g/mol. The van der Waals surface area contributed by atoms with Gasteiger partial charge >= 0.3 is 0 Å². The first-order valence-electron chi connectivity index (χ1n) is 6.03. The Bertz CT molecular complexity index is 547. The zero-order valence-corrected chi connectivity index (χ0v) is 10.3. The molecule has 94 valence electrons. The predicted molar refractivity (Wildman–Crippen MR) is 68.0 cm³/mol. The number of benzene rings is 1. The van der Waals surface area contributed by atoms with E-state index in [1.54, 1.807) is 6.33 Å². The Hall–Kier alpha value is -1.88. The fraction of sp³-hybridized carbons (Fsp3) is 0.385. The standard InChI is InChI=1S/C13H16N4O/c1-17-8-15-16-13(17)12(10-6-18-7-10)9-3-2-4-11(14)5-9/h2-5,8,10,12H,6-7,14H2,1H3. The molecule has 1 aliphatic rings. The van der Waals surface area contributed by atoms with Crippen LogP contribution in [0.3, 0.4) is 0 Å². The van der Waals surface area contributed by atoms with Gasteiger partial charge in [0, 0.05) is 18.7 Å². The lowest BCUT2D eigenvalue weighted by Gasteiger charge is -2.33. The summed E-state index contributed by atoms with van der Waals surface area (Å²) >= 11 is 0. The van der Waals surface area contributed by atoms with Crippen LogP contribution < -0.4 is 5.73 Å². The molecule has 0 amide bonds. The molecule has 2 aromatic rings. The van der Waals surface area contributed by atoms with Crippen molar-refractivity contribution in [1.82, 2.24) is 14.8 Å². The second kappa shape index (κ2) is 4.42. The molecule has 0 aliphatic carbocycles. The van der Waals surface area contributed by atoms with Crippen LogP contribution in [0.1, 0.15) is 17.3 Å². The molecule has 5 heteroatoms. The second-order valence-corrected chi connectivity index (χ2v) is 4.75. The van der Waals surface area contributed by atoms with Gasteiger partial charge in [-0.2, -0.15) is 0 Å². The number of nitrogens with zero attached hydrogens (tertiary/aromatic N) is 3. The zero-order valence-electron chi connectivity index (χ0n) is 10.3. The molecule has 1 aliphatic heterocycles. The molecule has 0 spiro atoms. The quantitative estimate of drug-likeness (QED) is 0.823. The lowest BCUT2D eigenvalue weighted by molar-refractivity contribution is -0.0407. The molecule has 5 nitrogen and oxygen atoms in total. The maximum Gasteiger partial charge on any atom is 0.140 e. The van der Waals surface area contributed by atoms with Gasteiger partial charge in [0.25, 0.3) is 0 Å². The van der Waals surface area contributed by atoms with E-state index in [4.69, 9.17) is 10.5 Å². The summed E-state index contributed by atoms with van der Waals surface area (Å²) in [6.45, 7) is 1.54. The first kappa shape index (κ1) is 11.2. The number of aryl methyl sites for hydroxylation is 1. The zero-order chi connectivity index (χ0) is 12.5. The van der Waals surface area contributed by atoms with Gasteiger partial charge < -0.3 is 15.0 Å². The summed E-state index contributed by atoms with van der Waals surface area (Å²) in [5.74, 6) is 1.62. The van der Waals surface area contributed by atoms with Gasteiger partial charge in [0.05, 0.1) is 19.1 Å². The smallest absolute Gasteiger partial charge is 0.140 e. The molecule has 1 unspecified atom stereocenters. The molecule has 1 aromatic carbocycles. The van der Waals surface area contributed by atoms with Crippen LogP contribution in [0.15, 0.2) is 30.6 Å². The van der Waals surface area contributed by atoms with Gasteiger partial charge in [-0.3, -0.25) is 0 Å². The molecule has 0 radical (unpaired) electrons. The van der Waals surface area contributed by atoms with Crippen molar-refractivity contribution in [3.63, 3.8) is 0 Å². The van der Waals surface area contributed by atoms with Gasteiger partial charge in [0.2, 0.25) is 0 Å². The van der Waals surface area contributed by atoms with E-state index in [0.717, 1.165) is 24.7 Å². The van der Waals surface area contributed by atoms with Crippen LogP contribution in [0.2, 0.25) is 0 Å². The van der Waals surface area contributed by atoms with Crippen LogP contribution in [0.5, 0.6) is 0 Å². The Kier molecular flexibility index (Phi) is 2.76. The third-order valence-corrected chi connectivity index (χ3v) is 3.43. The summed E-state index contributed by atoms with van der Waals surface area (Å²) in [6, 6.07) is 7.98. The highest BCUT2D eigenvalue weighted by molar-refractivity contribution is 5.43. The van der Waals surface area contributed by atoms with Crippen LogP contribution in [-0.4, -0.2) is 28.0 Å². The molecular formula is C13H16N4O. The minimum atomic E-state index is 0.203.